The SMILES string of the molecule is C=CCN(CCCC)C(=O)C1N([C@@H](CC)CO)C(=O)[C@@H]2[C@H](C(=O)N(CC=C)CCC)[C@]3(C)CCC12O3. The molecule has 3 rings (SSSR count). The quantitative estimate of drug-likeness (QED) is 0.368. The summed E-state index contributed by atoms with van der Waals surface area (Å²) < 4.78 is 6.73. The van der Waals surface area contributed by atoms with Crippen LogP contribution in [0.5, 0.6) is 0 Å². The molecule has 0 saturated carbocycles. The van der Waals surface area contributed by atoms with Crippen LogP contribution < -0.4 is 0 Å². The van der Waals surface area contributed by atoms with Gasteiger partial charge in [-0.05, 0) is 39.0 Å². The maximum atomic E-state index is 14.2. The van der Waals surface area contributed by atoms with Crippen molar-refractivity contribution in [2.45, 2.75) is 89.5 Å². The number of hydrogen-bond acceptors (Lipinski definition) is 5. The van der Waals surface area contributed by atoms with Crippen molar-refractivity contribution in [2.75, 3.05) is 32.8 Å². The number of unbranched alkanes of at least 4 members (excludes halogenated alkanes) is 1. The van der Waals surface area contributed by atoms with Crippen LogP contribution in [0.25, 0.3) is 0 Å². The van der Waals surface area contributed by atoms with Gasteiger partial charge in [0.15, 0.2) is 0 Å². The van der Waals surface area contributed by atoms with Gasteiger partial charge in [-0.1, -0.05) is 39.3 Å². The molecule has 0 aromatic carbocycles. The second kappa shape index (κ2) is 11.5. The number of carbonyl (C=O) groups excluding carboxylic acids is 3. The predicted molar refractivity (Wildman–Crippen MR) is 139 cm³/mol. The molecule has 0 aliphatic carbocycles. The highest BCUT2D eigenvalue weighted by Crippen LogP contribution is 2.63. The maximum absolute atomic E-state index is 14.2. The van der Waals surface area contributed by atoms with Crippen LogP contribution in [0.15, 0.2) is 25.3 Å². The lowest BCUT2D eigenvalue weighted by Gasteiger charge is -2.39. The molecule has 6 atom stereocenters. The summed E-state index contributed by atoms with van der Waals surface area (Å²) in [5, 5.41) is 10.2. The number of likely N-dealkylation sites (tertiary alicyclic amines) is 1. The van der Waals surface area contributed by atoms with Gasteiger partial charge in [0, 0.05) is 26.2 Å². The predicted octanol–water partition coefficient (Wildman–Crippen LogP) is 2.76. The van der Waals surface area contributed by atoms with E-state index in [9.17, 15) is 19.5 Å². The van der Waals surface area contributed by atoms with Crippen LogP contribution >= 0.6 is 0 Å². The van der Waals surface area contributed by atoms with E-state index in [-0.39, 0.29) is 24.3 Å². The molecule has 8 nitrogen and oxygen atoms in total. The molecule has 0 radical (unpaired) electrons. The minimum Gasteiger partial charge on any atom is -0.394 e. The lowest BCUT2D eigenvalue weighted by atomic mass is 9.66. The standard InChI is InChI=1S/C28H45N3O5/c1-7-12-18-30(17-10-4)26(35)23-28-14-13-27(6,36-28)21(24(33)29(15-8-2)16-9-3)22(28)25(34)31(23)20(11-5)19-32/h8,10,20-23,32H,2,4,7,9,11-19H2,1,3,5-6H3/t20-,21+,22-,23?,27-,28?/m0/s1. The highest BCUT2D eigenvalue weighted by Gasteiger charge is 2.78. The molecule has 0 aromatic rings. The molecular formula is C28H45N3O5. The summed E-state index contributed by atoms with van der Waals surface area (Å²) in [5.41, 5.74) is -1.90. The van der Waals surface area contributed by atoms with Gasteiger partial charge in [0.25, 0.3) is 0 Å². The van der Waals surface area contributed by atoms with Gasteiger partial charge in [-0.3, -0.25) is 14.4 Å². The zero-order valence-electron chi connectivity index (χ0n) is 22.6. The second-order valence-electron chi connectivity index (χ2n) is 10.7. The van der Waals surface area contributed by atoms with Crippen molar-refractivity contribution in [3.8, 4) is 0 Å². The van der Waals surface area contributed by atoms with Crippen LogP contribution in [0, 0.1) is 11.8 Å². The van der Waals surface area contributed by atoms with Gasteiger partial charge < -0.3 is 24.5 Å². The van der Waals surface area contributed by atoms with E-state index >= 15 is 0 Å². The molecule has 2 unspecified atom stereocenters. The summed E-state index contributed by atoms with van der Waals surface area (Å²) in [5.74, 6) is -1.97. The molecule has 8 heteroatoms. The van der Waals surface area contributed by atoms with E-state index in [0.29, 0.717) is 45.4 Å². The number of ether oxygens (including phenoxy) is 1. The van der Waals surface area contributed by atoms with E-state index in [1.807, 2.05) is 20.8 Å². The highest BCUT2D eigenvalue weighted by molar-refractivity contribution is 5.99. The molecule has 3 aliphatic heterocycles. The van der Waals surface area contributed by atoms with Crippen LogP contribution in [-0.4, -0.2) is 93.6 Å². The third-order valence-corrected chi connectivity index (χ3v) is 8.39. The number of hydrogen-bond donors (Lipinski definition) is 1. The lowest BCUT2D eigenvalue weighted by molar-refractivity contribution is -0.156. The van der Waals surface area contributed by atoms with Crippen LogP contribution in [0.4, 0.5) is 0 Å². The zero-order chi connectivity index (χ0) is 26.7. The van der Waals surface area contributed by atoms with E-state index in [2.05, 4.69) is 20.1 Å². The first kappa shape index (κ1) is 28.4. The molecule has 3 amide bonds. The minimum atomic E-state index is -1.08. The van der Waals surface area contributed by atoms with E-state index in [0.717, 1.165) is 19.3 Å². The molecule has 3 aliphatic rings. The Hall–Kier alpha value is -2.19. The molecule has 1 N–H and O–H groups in total. The summed E-state index contributed by atoms with van der Waals surface area (Å²) in [4.78, 5) is 47.4. The summed E-state index contributed by atoms with van der Waals surface area (Å²) >= 11 is 0. The zero-order valence-corrected chi connectivity index (χ0v) is 22.6. The van der Waals surface area contributed by atoms with Gasteiger partial charge in [-0.2, -0.15) is 0 Å². The van der Waals surface area contributed by atoms with Crippen molar-refractivity contribution in [1.82, 2.24) is 14.7 Å². The Labute approximate surface area is 216 Å². The third-order valence-electron chi connectivity index (χ3n) is 8.39. The molecule has 36 heavy (non-hydrogen) atoms. The average Bonchev–Trinajstić information content (AvgIpc) is 3.43. The van der Waals surface area contributed by atoms with Crippen molar-refractivity contribution >= 4 is 17.7 Å². The normalized spacial score (nSPS) is 31.3. The number of nitrogens with zero attached hydrogens (tertiary/aromatic N) is 3. The number of amides is 3. The summed E-state index contributed by atoms with van der Waals surface area (Å²) in [6.45, 7) is 17.2. The van der Waals surface area contributed by atoms with Crippen molar-refractivity contribution in [2.24, 2.45) is 11.8 Å². The van der Waals surface area contributed by atoms with Gasteiger partial charge in [-0.15, -0.1) is 13.2 Å². The molecular weight excluding hydrogens is 458 g/mol. The average molecular weight is 504 g/mol. The van der Waals surface area contributed by atoms with Crippen LogP contribution in [0.2, 0.25) is 0 Å². The number of fused-ring (bicyclic) bond motifs is 1. The van der Waals surface area contributed by atoms with Gasteiger partial charge in [0.05, 0.1) is 30.1 Å². The number of aliphatic hydroxyl groups excluding tert-OH is 1. The molecule has 1 spiro atoms. The van der Waals surface area contributed by atoms with E-state index in [4.69, 9.17) is 4.74 Å². The van der Waals surface area contributed by atoms with E-state index in [1.165, 1.54) is 0 Å². The first-order valence-corrected chi connectivity index (χ1v) is 13.6. The van der Waals surface area contributed by atoms with Gasteiger partial charge in [-0.25, -0.2) is 0 Å². The first-order chi connectivity index (χ1) is 17.2. The molecule has 3 saturated heterocycles. The molecule has 202 valence electrons. The number of aliphatic hydroxyl groups is 1. The Kier molecular flexibility index (Phi) is 9.04. The molecule has 0 aromatic heterocycles. The molecule has 3 fully saturated rings. The fourth-order valence-corrected chi connectivity index (χ4v) is 6.71. The van der Waals surface area contributed by atoms with Gasteiger partial charge in [0.2, 0.25) is 17.7 Å². The van der Waals surface area contributed by atoms with Gasteiger partial charge in [0.1, 0.15) is 11.6 Å². The summed E-state index contributed by atoms with van der Waals surface area (Å²) in [6, 6.07) is -1.39. The molecule has 3 heterocycles. The van der Waals surface area contributed by atoms with Crippen LogP contribution in [0.3, 0.4) is 0 Å². The number of carbonyl (C=O) groups is 3. The van der Waals surface area contributed by atoms with Crippen LogP contribution in [0.1, 0.15) is 66.2 Å². The Morgan fingerprint density at radius 1 is 1.11 bits per heavy atom. The van der Waals surface area contributed by atoms with E-state index < -0.39 is 35.1 Å². The Balaban J connectivity index is 2.10. The summed E-state index contributed by atoms with van der Waals surface area (Å²) in [6.07, 6.45) is 7.59. The maximum Gasteiger partial charge on any atom is 0.248 e. The largest absolute Gasteiger partial charge is 0.394 e. The Morgan fingerprint density at radius 3 is 2.28 bits per heavy atom. The third kappa shape index (κ3) is 4.51. The van der Waals surface area contributed by atoms with Crippen molar-refractivity contribution < 1.29 is 24.2 Å². The minimum absolute atomic E-state index is 0.113. The lowest BCUT2D eigenvalue weighted by Crippen LogP contribution is -2.58. The van der Waals surface area contributed by atoms with Gasteiger partial charge >= 0.3 is 0 Å². The summed E-state index contributed by atoms with van der Waals surface area (Å²) in [7, 11) is 0. The monoisotopic (exact) mass is 503 g/mol. The van der Waals surface area contributed by atoms with Crippen LogP contribution in [-0.2, 0) is 19.1 Å². The fraction of sp³-hybridized carbons (Fsp3) is 0.750. The second-order valence-corrected chi connectivity index (χ2v) is 10.7. The van der Waals surface area contributed by atoms with Crippen molar-refractivity contribution in [3.05, 3.63) is 25.3 Å². The van der Waals surface area contributed by atoms with Crippen molar-refractivity contribution in [3.63, 3.8) is 0 Å². The first-order valence-electron chi connectivity index (χ1n) is 13.6. The highest BCUT2D eigenvalue weighted by atomic mass is 16.5. The molecule has 2 bridgehead atoms. The van der Waals surface area contributed by atoms with E-state index in [1.54, 1.807) is 26.9 Å². The van der Waals surface area contributed by atoms with Crippen molar-refractivity contribution in [1.29, 1.82) is 0 Å². The topological polar surface area (TPSA) is 90.4 Å². The number of rotatable bonds is 14. The smallest absolute Gasteiger partial charge is 0.248 e. The fourth-order valence-electron chi connectivity index (χ4n) is 6.71. The Morgan fingerprint density at radius 2 is 1.75 bits per heavy atom. The Bertz CT molecular complexity index is 858.